The lowest BCUT2D eigenvalue weighted by molar-refractivity contribution is -0.137. The third kappa shape index (κ3) is 15.9. The molecule has 0 aliphatic heterocycles. The van der Waals surface area contributed by atoms with Crippen LogP contribution in [0.2, 0.25) is 0 Å². The second-order valence-corrected chi connectivity index (χ2v) is 19.5. The highest BCUT2D eigenvalue weighted by atomic mass is 79.9. The number of unbranched alkanes of at least 4 members (excludes halogenated alkanes) is 1. The Hall–Kier alpha value is -4.97. The molecule has 17 heteroatoms. The first kappa shape index (κ1) is 51.7. The second-order valence-electron chi connectivity index (χ2n) is 17.7. The number of ether oxygens (including phenoxy) is 2. The number of hydrogen-bond donors (Lipinski definition) is 5. The van der Waals surface area contributed by atoms with Gasteiger partial charge in [0.05, 0.1) is 11.6 Å². The number of nitrogens with one attached hydrogen (secondary N) is 4. The van der Waals surface area contributed by atoms with Gasteiger partial charge in [0.1, 0.15) is 22.3 Å². The Labute approximate surface area is 389 Å². The van der Waals surface area contributed by atoms with Gasteiger partial charge in [-0.3, -0.25) is 19.0 Å². The number of halogens is 1. The number of aromatic nitrogens is 2. The average molecular weight is 966 g/mol. The molecular weight excluding hydrogens is 901 g/mol. The Morgan fingerprint density at radius 2 is 1.62 bits per heavy atom. The molecule has 3 atom stereocenters. The molecule has 0 spiro atoms. The second kappa shape index (κ2) is 24.4. The fourth-order valence-corrected chi connectivity index (χ4v) is 8.57. The molecule has 0 fully saturated rings. The zero-order valence-electron chi connectivity index (χ0n) is 38.3. The minimum atomic E-state index is -0.849. The number of hydrogen-bond acceptors (Lipinski definition) is 11. The van der Waals surface area contributed by atoms with Crippen molar-refractivity contribution < 1.29 is 33.4 Å². The first-order valence-electron chi connectivity index (χ1n) is 21.7. The molecule has 0 radical (unpaired) electrons. The SMILES string of the molecule is CC(Cc1cn(C(=O)OC(C)(C)C)c2ccccc12)N(C)C(=O)C(CCCCN)NC(=O)C(CCCNC(=O)OC(C)(C)C)NCc1cccnc1Sc1cccc(Br)c1CNC=O. The predicted molar refractivity (Wildman–Crippen MR) is 254 cm³/mol. The van der Waals surface area contributed by atoms with E-state index in [0.29, 0.717) is 68.6 Å². The third-order valence-corrected chi connectivity index (χ3v) is 12.1. The molecule has 6 N–H and O–H groups in total. The highest BCUT2D eigenvalue weighted by Gasteiger charge is 2.30. The molecule has 0 saturated heterocycles. The Kier molecular flexibility index (Phi) is 19.7. The van der Waals surface area contributed by atoms with E-state index in [-0.39, 0.29) is 30.9 Å². The van der Waals surface area contributed by atoms with E-state index < -0.39 is 35.5 Å². The van der Waals surface area contributed by atoms with Crippen molar-refractivity contribution in [3.63, 3.8) is 0 Å². The fraction of sp³-hybridized carbons (Fsp3) is 0.489. The summed E-state index contributed by atoms with van der Waals surface area (Å²) in [6, 6.07) is 15.2. The van der Waals surface area contributed by atoms with Gasteiger partial charge < -0.3 is 41.4 Å². The molecule has 348 valence electrons. The van der Waals surface area contributed by atoms with Gasteiger partial charge in [-0.25, -0.2) is 14.6 Å². The van der Waals surface area contributed by atoms with Crippen LogP contribution in [0.25, 0.3) is 10.9 Å². The van der Waals surface area contributed by atoms with Gasteiger partial charge in [0.15, 0.2) is 0 Å². The molecule has 0 saturated carbocycles. The summed E-state index contributed by atoms with van der Waals surface area (Å²) in [5.41, 5.74) is 7.84. The summed E-state index contributed by atoms with van der Waals surface area (Å²) in [6.45, 7) is 14.1. The first-order chi connectivity index (χ1) is 30.3. The first-order valence-corrected chi connectivity index (χ1v) is 23.3. The summed E-state index contributed by atoms with van der Waals surface area (Å²) in [7, 11) is 1.73. The molecule has 0 aliphatic rings. The lowest BCUT2D eigenvalue weighted by atomic mass is 10.0. The lowest BCUT2D eigenvalue weighted by Crippen LogP contribution is -2.54. The molecule has 4 rings (SSSR count). The van der Waals surface area contributed by atoms with Crippen LogP contribution in [-0.4, -0.2) is 94.3 Å². The van der Waals surface area contributed by atoms with Crippen molar-refractivity contribution in [2.75, 3.05) is 20.1 Å². The van der Waals surface area contributed by atoms with Crippen LogP contribution in [0.1, 0.15) is 97.3 Å². The smallest absolute Gasteiger partial charge is 0.419 e. The summed E-state index contributed by atoms with van der Waals surface area (Å²) in [5.74, 6) is -0.615. The summed E-state index contributed by atoms with van der Waals surface area (Å²) in [4.78, 5) is 72.8. The number of alkyl carbamates (subject to hydrolysis) is 1. The molecule has 0 bridgehead atoms. The van der Waals surface area contributed by atoms with Crippen molar-refractivity contribution in [2.24, 2.45) is 5.73 Å². The van der Waals surface area contributed by atoms with Crippen molar-refractivity contribution in [1.82, 2.24) is 35.7 Å². The third-order valence-electron chi connectivity index (χ3n) is 10.2. The van der Waals surface area contributed by atoms with Gasteiger partial charge in [0, 0.05) is 59.9 Å². The Bertz CT molecular complexity index is 2210. The lowest BCUT2D eigenvalue weighted by Gasteiger charge is -2.30. The van der Waals surface area contributed by atoms with E-state index in [9.17, 15) is 24.0 Å². The number of pyridine rings is 1. The van der Waals surface area contributed by atoms with Gasteiger partial charge in [0.25, 0.3) is 0 Å². The maximum atomic E-state index is 14.4. The molecule has 4 amide bonds. The van der Waals surface area contributed by atoms with E-state index in [2.05, 4.69) is 42.2 Å². The molecular formula is C47H65BrN8O7S. The normalized spacial score (nSPS) is 13.1. The summed E-state index contributed by atoms with van der Waals surface area (Å²) >= 11 is 5.05. The van der Waals surface area contributed by atoms with Gasteiger partial charge in [-0.1, -0.05) is 58.0 Å². The number of rotatable bonds is 22. The Morgan fingerprint density at radius 3 is 2.33 bits per heavy atom. The van der Waals surface area contributed by atoms with Crippen molar-refractivity contribution in [3.05, 3.63) is 88.2 Å². The predicted octanol–water partition coefficient (Wildman–Crippen LogP) is 7.45. The largest absolute Gasteiger partial charge is 0.444 e. The van der Waals surface area contributed by atoms with Gasteiger partial charge in [-0.2, -0.15) is 0 Å². The van der Waals surface area contributed by atoms with Gasteiger partial charge in [-0.15, -0.1) is 0 Å². The van der Waals surface area contributed by atoms with Gasteiger partial charge >= 0.3 is 12.2 Å². The molecule has 4 aromatic rings. The van der Waals surface area contributed by atoms with E-state index in [1.54, 1.807) is 45.1 Å². The van der Waals surface area contributed by atoms with Crippen LogP contribution in [0.4, 0.5) is 9.59 Å². The number of nitrogens with two attached hydrogens (primary N) is 1. The van der Waals surface area contributed by atoms with E-state index >= 15 is 0 Å². The molecule has 64 heavy (non-hydrogen) atoms. The minimum Gasteiger partial charge on any atom is -0.444 e. The number of likely N-dealkylation sites (N-methyl/N-ethyl adjacent to an activating group) is 1. The number of nitrogens with zero attached hydrogens (tertiary/aromatic N) is 3. The number of carbonyl (C=O) groups excluding carboxylic acids is 5. The molecule has 15 nitrogen and oxygen atoms in total. The zero-order chi connectivity index (χ0) is 47.0. The summed E-state index contributed by atoms with van der Waals surface area (Å²) in [5, 5.41) is 13.6. The van der Waals surface area contributed by atoms with Crippen LogP contribution in [0.5, 0.6) is 0 Å². The number of para-hydroxylation sites is 1. The Balaban J connectivity index is 1.55. The average Bonchev–Trinajstić information content (AvgIpc) is 3.59. The maximum absolute atomic E-state index is 14.4. The standard InChI is InChI=1S/C47H65BrN8O7S/c1-31(26-33-29-56(45(61)63-47(5,6)7)39-21-10-9-17-34(33)39)55(8)43(59)38(19-11-12-23-49)54-41(58)37(20-15-25-52-44(60)62-46(2,3)4)53-27-32-16-14-24-51-42(32)64-40-22-13-18-36(48)35(40)28-50-30-57/h9-10,13-14,16-18,21-22,24,29-31,37-38,53H,11-12,15,19-20,23,25-28,49H2,1-8H3,(H,50,57)(H,52,60)(H,54,58). The van der Waals surface area contributed by atoms with Crippen molar-refractivity contribution in [2.45, 2.75) is 139 Å². The van der Waals surface area contributed by atoms with Gasteiger partial charge in [-0.05, 0) is 134 Å². The number of benzene rings is 2. The van der Waals surface area contributed by atoms with Gasteiger partial charge in [0.2, 0.25) is 18.2 Å². The van der Waals surface area contributed by atoms with Crippen molar-refractivity contribution >= 4 is 69.0 Å². The highest BCUT2D eigenvalue weighted by molar-refractivity contribution is 9.10. The number of carbonyl (C=O) groups is 5. The molecule has 0 aliphatic carbocycles. The molecule has 2 aromatic carbocycles. The van der Waals surface area contributed by atoms with Crippen LogP contribution in [0, 0.1) is 0 Å². The monoisotopic (exact) mass is 964 g/mol. The quantitative estimate of drug-likeness (QED) is 0.0388. The van der Waals surface area contributed by atoms with Crippen LogP contribution in [-0.2, 0) is 43.4 Å². The van der Waals surface area contributed by atoms with E-state index in [1.807, 2.05) is 82.3 Å². The van der Waals surface area contributed by atoms with Crippen LogP contribution >= 0.6 is 27.7 Å². The van der Waals surface area contributed by atoms with E-state index in [4.69, 9.17) is 15.2 Å². The highest BCUT2D eigenvalue weighted by Crippen LogP contribution is 2.35. The molecule has 3 unspecified atom stereocenters. The number of fused-ring (bicyclic) bond motifs is 1. The summed E-state index contributed by atoms with van der Waals surface area (Å²) in [6.07, 6.45) is 5.97. The zero-order valence-corrected chi connectivity index (χ0v) is 40.7. The topological polar surface area (TPSA) is 199 Å². The number of amides is 4. The van der Waals surface area contributed by atoms with Crippen molar-refractivity contribution in [3.8, 4) is 0 Å². The van der Waals surface area contributed by atoms with E-state index in [0.717, 1.165) is 31.4 Å². The Morgan fingerprint density at radius 1 is 0.906 bits per heavy atom. The molecule has 2 aromatic heterocycles. The molecule has 2 heterocycles. The maximum Gasteiger partial charge on any atom is 0.419 e. The fourth-order valence-electron chi connectivity index (χ4n) is 6.89. The van der Waals surface area contributed by atoms with Crippen LogP contribution in [0.15, 0.2) is 81.4 Å². The van der Waals surface area contributed by atoms with Crippen molar-refractivity contribution in [1.29, 1.82) is 0 Å². The minimum absolute atomic E-state index is 0.251. The summed E-state index contributed by atoms with van der Waals surface area (Å²) < 4.78 is 13.4. The van der Waals surface area contributed by atoms with E-state index in [1.165, 1.54) is 16.3 Å². The van der Waals surface area contributed by atoms with Crippen LogP contribution < -0.4 is 27.0 Å². The van der Waals surface area contributed by atoms with Crippen LogP contribution in [0.3, 0.4) is 0 Å².